The molecule has 0 amide bonds. The van der Waals surface area contributed by atoms with Gasteiger partial charge in [0.2, 0.25) is 0 Å². The number of hydrogen-bond acceptors (Lipinski definition) is 4. The van der Waals surface area contributed by atoms with Gasteiger partial charge in [0.25, 0.3) is 0 Å². The van der Waals surface area contributed by atoms with Crippen LogP contribution < -0.4 is 4.74 Å². The minimum Gasteiger partial charge on any atom is -0.491 e. The van der Waals surface area contributed by atoms with E-state index in [1.54, 1.807) is 11.8 Å². The normalized spacial score (nSPS) is 12.1. The highest BCUT2D eigenvalue weighted by Crippen LogP contribution is 2.19. The van der Waals surface area contributed by atoms with Crippen LogP contribution >= 0.6 is 11.8 Å². The molecule has 4 heteroatoms. The van der Waals surface area contributed by atoms with Gasteiger partial charge in [-0.15, -0.1) is 11.8 Å². The molecule has 0 aliphatic carbocycles. The summed E-state index contributed by atoms with van der Waals surface area (Å²) in [6.45, 7) is 0.992. The molecule has 0 saturated carbocycles. The summed E-state index contributed by atoms with van der Waals surface area (Å²) in [4.78, 5) is 1.19. The highest BCUT2D eigenvalue weighted by atomic mass is 32.2. The topological polar surface area (TPSA) is 38.7 Å². The van der Waals surface area contributed by atoms with E-state index in [1.165, 1.54) is 4.90 Å². The minimum atomic E-state index is -0.631. The summed E-state index contributed by atoms with van der Waals surface area (Å²) in [5.74, 6) is 0.759. The van der Waals surface area contributed by atoms with Crippen molar-refractivity contribution in [2.45, 2.75) is 17.6 Å². The van der Waals surface area contributed by atoms with Crippen molar-refractivity contribution in [1.82, 2.24) is 0 Å². The van der Waals surface area contributed by atoms with Gasteiger partial charge in [-0.2, -0.15) is 0 Å². The maximum Gasteiger partial charge on any atom is 0.119 e. The molecule has 3 nitrogen and oxygen atoms in total. The lowest BCUT2D eigenvalue weighted by Crippen LogP contribution is -2.23. The quantitative estimate of drug-likeness (QED) is 0.759. The van der Waals surface area contributed by atoms with Crippen LogP contribution in [0.4, 0.5) is 0 Å². The molecule has 2 aromatic carbocycles. The predicted octanol–water partition coefficient (Wildman–Crippen LogP) is 3.37. The Kier molecular flexibility index (Phi) is 6.60. The molecular formula is C17H20O3S. The Morgan fingerprint density at radius 2 is 1.71 bits per heavy atom. The summed E-state index contributed by atoms with van der Waals surface area (Å²) in [5, 5.41) is 9.84. The Balaban J connectivity index is 1.66. The first-order valence-corrected chi connectivity index (χ1v) is 8.07. The molecule has 0 aliphatic rings. The van der Waals surface area contributed by atoms with Crippen LogP contribution in [0, 0.1) is 0 Å². The molecular weight excluding hydrogens is 284 g/mol. The lowest BCUT2D eigenvalue weighted by Gasteiger charge is -2.13. The van der Waals surface area contributed by atoms with Crippen molar-refractivity contribution >= 4 is 11.8 Å². The molecule has 112 valence electrons. The Hall–Kier alpha value is -1.49. The maximum atomic E-state index is 9.84. The number of thioether (sulfide) groups is 1. The van der Waals surface area contributed by atoms with Gasteiger partial charge in [-0.05, 0) is 36.1 Å². The molecule has 0 radical (unpaired) electrons. The minimum absolute atomic E-state index is 0.230. The van der Waals surface area contributed by atoms with Crippen LogP contribution in [0.5, 0.6) is 5.75 Å². The van der Waals surface area contributed by atoms with Gasteiger partial charge in [-0.1, -0.05) is 30.3 Å². The number of ether oxygens (including phenoxy) is 2. The molecule has 2 aromatic rings. The second-order valence-electron chi connectivity index (χ2n) is 4.64. The SMILES string of the molecule is CSc1ccc(OCC(O)COCc2ccccc2)cc1. The van der Waals surface area contributed by atoms with Crippen LogP contribution in [-0.4, -0.2) is 30.7 Å². The summed E-state index contributed by atoms with van der Waals surface area (Å²) < 4.78 is 11.0. The van der Waals surface area contributed by atoms with Crippen molar-refractivity contribution < 1.29 is 14.6 Å². The Bertz CT molecular complexity index is 513. The van der Waals surface area contributed by atoms with Crippen LogP contribution in [0.3, 0.4) is 0 Å². The van der Waals surface area contributed by atoms with E-state index in [9.17, 15) is 5.11 Å². The fourth-order valence-electron chi connectivity index (χ4n) is 1.80. The van der Waals surface area contributed by atoms with E-state index in [1.807, 2.05) is 60.9 Å². The van der Waals surface area contributed by atoms with E-state index >= 15 is 0 Å². The maximum absolute atomic E-state index is 9.84. The fraction of sp³-hybridized carbons (Fsp3) is 0.294. The summed E-state index contributed by atoms with van der Waals surface area (Å²) in [7, 11) is 0. The van der Waals surface area contributed by atoms with Gasteiger partial charge in [0, 0.05) is 4.90 Å². The molecule has 0 saturated heterocycles. The van der Waals surface area contributed by atoms with Crippen molar-refractivity contribution in [2.24, 2.45) is 0 Å². The van der Waals surface area contributed by atoms with Crippen molar-refractivity contribution in [2.75, 3.05) is 19.5 Å². The van der Waals surface area contributed by atoms with Gasteiger partial charge in [0.15, 0.2) is 0 Å². The molecule has 1 N–H and O–H groups in total. The number of aliphatic hydroxyl groups is 1. The summed E-state index contributed by atoms with van der Waals surface area (Å²) >= 11 is 1.69. The van der Waals surface area contributed by atoms with Crippen LogP contribution in [0.1, 0.15) is 5.56 Å². The second kappa shape index (κ2) is 8.72. The molecule has 0 bridgehead atoms. The van der Waals surface area contributed by atoms with Gasteiger partial charge < -0.3 is 14.6 Å². The van der Waals surface area contributed by atoms with Gasteiger partial charge >= 0.3 is 0 Å². The molecule has 1 unspecified atom stereocenters. The number of hydrogen-bond donors (Lipinski definition) is 1. The zero-order chi connectivity index (χ0) is 14.9. The standard InChI is InChI=1S/C17H20O3S/c1-21-17-9-7-16(8-10-17)20-13-15(18)12-19-11-14-5-3-2-4-6-14/h2-10,15,18H,11-13H2,1H3. The van der Waals surface area contributed by atoms with Crippen molar-refractivity contribution in [3.05, 3.63) is 60.2 Å². The predicted molar refractivity (Wildman–Crippen MR) is 85.8 cm³/mol. The Morgan fingerprint density at radius 1 is 1.00 bits per heavy atom. The van der Waals surface area contributed by atoms with Crippen LogP contribution in [0.2, 0.25) is 0 Å². The van der Waals surface area contributed by atoms with Crippen LogP contribution in [-0.2, 0) is 11.3 Å². The van der Waals surface area contributed by atoms with Crippen LogP contribution in [0.15, 0.2) is 59.5 Å². The third kappa shape index (κ3) is 5.79. The second-order valence-corrected chi connectivity index (χ2v) is 5.52. The van der Waals surface area contributed by atoms with Crippen LogP contribution in [0.25, 0.3) is 0 Å². The summed E-state index contributed by atoms with van der Waals surface area (Å²) in [6.07, 6.45) is 1.40. The van der Waals surface area contributed by atoms with E-state index < -0.39 is 6.10 Å². The molecule has 21 heavy (non-hydrogen) atoms. The van der Waals surface area contributed by atoms with E-state index in [0.717, 1.165) is 11.3 Å². The average molecular weight is 304 g/mol. The van der Waals surface area contributed by atoms with Gasteiger partial charge in [0.1, 0.15) is 18.5 Å². The van der Waals surface area contributed by atoms with E-state index in [0.29, 0.717) is 6.61 Å². The molecule has 0 spiro atoms. The summed E-state index contributed by atoms with van der Waals surface area (Å²) in [6, 6.07) is 17.7. The first-order valence-electron chi connectivity index (χ1n) is 6.84. The smallest absolute Gasteiger partial charge is 0.119 e. The number of benzene rings is 2. The van der Waals surface area contributed by atoms with E-state index in [2.05, 4.69) is 0 Å². The third-order valence-corrected chi connectivity index (χ3v) is 3.67. The number of rotatable bonds is 8. The fourth-order valence-corrected chi connectivity index (χ4v) is 2.21. The summed E-state index contributed by atoms with van der Waals surface area (Å²) in [5.41, 5.74) is 1.10. The molecule has 2 rings (SSSR count). The molecule has 0 heterocycles. The molecule has 0 fully saturated rings. The molecule has 1 atom stereocenters. The first kappa shape index (κ1) is 15.9. The van der Waals surface area contributed by atoms with Gasteiger partial charge in [-0.25, -0.2) is 0 Å². The molecule has 0 aliphatic heterocycles. The Labute approximate surface area is 129 Å². The third-order valence-electron chi connectivity index (χ3n) is 2.92. The Morgan fingerprint density at radius 3 is 2.38 bits per heavy atom. The first-order chi connectivity index (χ1) is 10.3. The van der Waals surface area contributed by atoms with E-state index in [-0.39, 0.29) is 13.2 Å². The van der Waals surface area contributed by atoms with E-state index in [4.69, 9.17) is 9.47 Å². The zero-order valence-corrected chi connectivity index (χ0v) is 12.9. The zero-order valence-electron chi connectivity index (χ0n) is 12.1. The van der Waals surface area contributed by atoms with Crippen molar-refractivity contribution in [3.63, 3.8) is 0 Å². The highest BCUT2D eigenvalue weighted by molar-refractivity contribution is 7.98. The van der Waals surface area contributed by atoms with Crippen molar-refractivity contribution in [1.29, 1.82) is 0 Å². The highest BCUT2D eigenvalue weighted by Gasteiger charge is 2.06. The van der Waals surface area contributed by atoms with Crippen molar-refractivity contribution in [3.8, 4) is 5.75 Å². The number of aliphatic hydroxyl groups excluding tert-OH is 1. The molecule has 0 aromatic heterocycles. The average Bonchev–Trinajstić information content (AvgIpc) is 2.54. The monoisotopic (exact) mass is 304 g/mol. The lowest BCUT2D eigenvalue weighted by atomic mass is 10.2. The van der Waals surface area contributed by atoms with Gasteiger partial charge in [-0.3, -0.25) is 0 Å². The van der Waals surface area contributed by atoms with Gasteiger partial charge in [0.05, 0.1) is 13.2 Å². The largest absolute Gasteiger partial charge is 0.491 e. The lowest BCUT2D eigenvalue weighted by molar-refractivity contribution is 0.00548.